The van der Waals surface area contributed by atoms with Crippen LogP contribution < -0.4 is 5.32 Å². The Morgan fingerprint density at radius 1 is 1.22 bits per heavy atom. The number of fused-ring (bicyclic) bond motifs is 1. The van der Waals surface area contributed by atoms with Crippen LogP contribution in [0.5, 0.6) is 0 Å². The molecule has 3 aromatic rings. The number of anilines is 1. The molecule has 3 aromatic heterocycles. The van der Waals surface area contributed by atoms with Crippen molar-refractivity contribution in [3.63, 3.8) is 0 Å². The van der Waals surface area contributed by atoms with Crippen molar-refractivity contribution in [3.05, 3.63) is 34.4 Å². The maximum absolute atomic E-state index is 4.33. The molecular formula is C12H12N4S2. The van der Waals surface area contributed by atoms with Crippen LogP contribution in [-0.2, 0) is 0 Å². The second-order valence-corrected chi connectivity index (χ2v) is 5.85. The molecule has 1 unspecified atom stereocenters. The number of rotatable bonds is 4. The van der Waals surface area contributed by atoms with E-state index in [1.54, 1.807) is 29.0 Å². The maximum Gasteiger partial charge on any atom is 0.147 e. The van der Waals surface area contributed by atoms with Crippen molar-refractivity contribution in [1.82, 2.24) is 15.0 Å². The van der Waals surface area contributed by atoms with Crippen molar-refractivity contribution in [3.8, 4) is 0 Å². The number of aromatic nitrogens is 3. The lowest BCUT2D eigenvalue weighted by atomic mass is 10.2. The van der Waals surface area contributed by atoms with E-state index in [0.717, 1.165) is 27.6 Å². The van der Waals surface area contributed by atoms with Crippen molar-refractivity contribution in [2.75, 3.05) is 11.9 Å². The van der Waals surface area contributed by atoms with Gasteiger partial charge in [0.15, 0.2) is 0 Å². The van der Waals surface area contributed by atoms with E-state index in [2.05, 4.69) is 27.2 Å². The zero-order valence-corrected chi connectivity index (χ0v) is 11.5. The van der Waals surface area contributed by atoms with Gasteiger partial charge < -0.3 is 5.32 Å². The standard InChI is InChI=1S/C12H12N4S2/c1-8(12-13-3-5-18-12)6-14-11-10-9(2-4-17-10)15-7-16-11/h2-5,7-8H,6H2,1H3,(H,14,15,16). The van der Waals surface area contributed by atoms with Crippen LogP contribution in [0.1, 0.15) is 17.8 Å². The number of hydrogen-bond donors (Lipinski definition) is 1. The smallest absolute Gasteiger partial charge is 0.147 e. The Morgan fingerprint density at radius 3 is 3.00 bits per heavy atom. The van der Waals surface area contributed by atoms with Crippen LogP contribution in [-0.4, -0.2) is 21.5 Å². The van der Waals surface area contributed by atoms with Gasteiger partial charge in [0.25, 0.3) is 0 Å². The fourth-order valence-electron chi connectivity index (χ4n) is 1.73. The van der Waals surface area contributed by atoms with E-state index in [9.17, 15) is 0 Å². The second-order valence-electron chi connectivity index (χ2n) is 4.01. The Hall–Kier alpha value is -1.53. The lowest BCUT2D eigenvalue weighted by molar-refractivity contribution is 0.792. The topological polar surface area (TPSA) is 50.7 Å². The van der Waals surface area contributed by atoms with Gasteiger partial charge in [-0.25, -0.2) is 15.0 Å². The average Bonchev–Trinajstić information content (AvgIpc) is 3.05. The van der Waals surface area contributed by atoms with E-state index in [1.807, 2.05) is 23.0 Å². The van der Waals surface area contributed by atoms with Crippen molar-refractivity contribution < 1.29 is 0 Å². The summed E-state index contributed by atoms with van der Waals surface area (Å²) in [6.07, 6.45) is 3.45. The summed E-state index contributed by atoms with van der Waals surface area (Å²) in [5.41, 5.74) is 0.999. The van der Waals surface area contributed by atoms with Gasteiger partial charge >= 0.3 is 0 Å². The molecule has 3 heterocycles. The van der Waals surface area contributed by atoms with Gasteiger partial charge in [-0.05, 0) is 11.4 Å². The predicted molar refractivity (Wildman–Crippen MR) is 76.4 cm³/mol. The van der Waals surface area contributed by atoms with E-state index in [4.69, 9.17) is 0 Å². The third-order valence-corrected chi connectivity index (χ3v) is 4.61. The predicted octanol–water partition coefficient (Wildman–Crippen LogP) is 3.36. The molecule has 4 nitrogen and oxygen atoms in total. The molecule has 18 heavy (non-hydrogen) atoms. The monoisotopic (exact) mass is 276 g/mol. The Bertz CT molecular complexity index is 632. The number of hydrogen-bond acceptors (Lipinski definition) is 6. The minimum atomic E-state index is 0.384. The van der Waals surface area contributed by atoms with Crippen LogP contribution in [0.3, 0.4) is 0 Å². The Kier molecular flexibility index (Phi) is 3.21. The molecule has 0 aliphatic carbocycles. The highest BCUT2D eigenvalue weighted by molar-refractivity contribution is 7.17. The average molecular weight is 276 g/mol. The third-order valence-electron chi connectivity index (χ3n) is 2.69. The summed E-state index contributed by atoms with van der Waals surface area (Å²) in [4.78, 5) is 12.9. The van der Waals surface area contributed by atoms with Gasteiger partial charge in [-0.15, -0.1) is 22.7 Å². The van der Waals surface area contributed by atoms with Crippen molar-refractivity contribution >= 4 is 38.7 Å². The highest BCUT2D eigenvalue weighted by atomic mass is 32.1. The fraction of sp³-hybridized carbons (Fsp3) is 0.250. The molecule has 0 saturated heterocycles. The molecule has 0 spiro atoms. The van der Waals surface area contributed by atoms with Gasteiger partial charge in [-0.1, -0.05) is 6.92 Å². The minimum Gasteiger partial charge on any atom is -0.368 e. The molecule has 92 valence electrons. The number of nitrogens with one attached hydrogen (secondary N) is 1. The van der Waals surface area contributed by atoms with Gasteiger partial charge in [0.1, 0.15) is 12.1 Å². The summed E-state index contributed by atoms with van der Waals surface area (Å²) >= 11 is 3.35. The van der Waals surface area contributed by atoms with Crippen LogP contribution >= 0.6 is 22.7 Å². The Morgan fingerprint density at radius 2 is 2.17 bits per heavy atom. The largest absolute Gasteiger partial charge is 0.368 e. The van der Waals surface area contributed by atoms with Crippen molar-refractivity contribution in [1.29, 1.82) is 0 Å². The van der Waals surface area contributed by atoms with Crippen molar-refractivity contribution in [2.45, 2.75) is 12.8 Å². The van der Waals surface area contributed by atoms with Crippen LogP contribution in [0.4, 0.5) is 5.82 Å². The number of thiazole rings is 1. The lowest BCUT2D eigenvalue weighted by Crippen LogP contribution is -2.10. The molecule has 3 rings (SSSR count). The molecule has 0 aliphatic rings. The minimum absolute atomic E-state index is 0.384. The first-order valence-electron chi connectivity index (χ1n) is 5.66. The van der Waals surface area contributed by atoms with E-state index in [1.165, 1.54) is 0 Å². The number of nitrogens with zero attached hydrogens (tertiary/aromatic N) is 3. The SMILES string of the molecule is CC(CNc1ncnc2ccsc12)c1nccs1. The molecule has 0 bridgehead atoms. The fourth-order valence-corrected chi connectivity index (χ4v) is 3.24. The maximum atomic E-state index is 4.33. The summed E-state index contributed by atoms with van der Waals surface area (Å²) < 4.78 is 1.11. The van der Waals surface area contributed by atoms with Crippen LogP contribution in [0, 0.1) is 0 Å². The summed E-state index contributed by atoms with van der Waals surface area (Å²) in [6.45, 7) is 3.00. The second kappa shape index (κ2) is 4.99. The molecule has 0 aliphatic heterocycles. The first-order valence-corrected chi connectivity index (χ1v) is 7.42. The van der Waals surface area contributed by atoms with Gasteiger partial charge in [0, 0.05) is 24.0 Å². The molecule has 0 radical (unpaired) electrons. The van der Waals surface area contributed by atoms with Crippen LogP contribution in [0.15, 0.2) is 29.4 Å². The molecule has 1 N–H and O–H groups in total. The Labute approximate surface area is 113 Å². The molecular weight excluding hydrogens is 264 g/mol. The van der Waals surface area contributed by atoms with Crippen molar-refractivity contribution in [2.24, 2.45) is 0 Å². The third kappa shape index (κ3) is 2.21. The molecule has 0 amide bonds. The zero-order chi connectivity index (χ0) is 12.4. The first kappa shape index (κ1) is 11.6. The van der Waals surface area contributed by atoms with Gasteiger partial charge in [-0.3, -0.25) is 0 Å². The molecule has 0 aromatic carbocycles. The highest BCUT2D eigenvalue weighted by Crippen LogP contribution is 2.26. The molecule has 1 atom stereocenters. The highest BCUT2D eigenvalue weighted by Gasteiger charge is 2.10. The summed E-state index contributed by atoms with van der Waals surface area (Å²) in [7, 11) is 0. The first-order chi connectivity index (χ1) is 8.84. The van der Waals surface area contributed by atoms with Gasteiger partial charge in [-0.2, -0.15) is 0 Å². The van der Waals surface area contributed by atoms with Gasteiger partial charge in [0.2, 0.25) is 0 Å². The van der Waals surface area contributed by atoms with Gasteiger partial charge in [0.05, 0.1) is 15.2 Å². The summed E-state index contributed by atoms with van der Waals surface area (Å²) in [6, 6.07) is 2.01. The summed E-state index contributed by atoms with van der Waals surface area (Å²) in [5.74, 6) is 1.30. The quantitative estimate of drug-likeness (QED) is 0.794. The number of thiophene rings is 1. The van der Waals surface area contributed by atoms with E-state index < -0.39 is 0 Å². The van der Waals surface area contributed by atoms with E-state index in [0.29, 0.717) is 5.92 Å². The molecule has 6 heteroatoms. The molecule has 0 saturated carbocycles. The van der Waals surface area contributed by atoms with E-state index >= 15 is 0 Å². The zero-order valence-electron chi connectivity index (χ0n) is 9.83. The summed E-state index contributed by atoms with van der Waals surface area (Å²) in [5, 5.41) is 8.58. The lowest BCUT2D eigenvalue weighted by Gasteiger charge is -2.10. The molecule has 0 fully saturated rings. The Balaban J connectivity index is 1.75. The van der Waals surface area contributed by atoms with Crippen LogP contribution in [0.25, 0.3) is 10.2 Å². The van der Waals surface area contributed by atoms with E-state index in [-0.39, 0.29) is 0 Å². The normalized spacial score (nSPS) is 12.7. The van der Waals surface area contributed by atoms with Crippen LogP contribution in [0.2, 0.25) is 0 Å².